The molecule has 2 N–H and O–H groups in total. The molecular formula is C14H19N3O. The van der Waals surface area contributed by atoms with Crippen LogP contribution in [0.25, 0.3) is 0 Å². The van der Waals surface area contributed by atoms with E-state index in [0.717, 1.165) is 18.4 Å². The number of aromatic nitrogens is 1. The van der Waals surface area contributed by atoms with Crippen molar-refractivity contribution in [2.45, 2.75) is 44.2 Å². The van der Waals surface area contributed by atoms with E-state index < -0.39 is 0 Å². The summed E-state index contributed by atoms with van der Waals surface area (Å²) < 4.78 is 5.69. The van der Waals surface area contributed by atoms with Crippen molar-refractivity contribution in [3.63, 3.8) is 0 Å². The van der Waals surface area contributed by atoms with Gasteiger partial charge in [-0.25, -0.2) is 4.98 Å². The normalized spacial score (nSPS) is 18.2. The molecule has 1 heterocycles. The van der Waals surface area contributed by atoms with Gasteiger partial charge in [0.25, 0.3) is 0 Å². The van der Waals surface area contributed by atoms with Gasteiger partial charge < -0.3 is 10.5 Å². The minimum absolute atomic E-state index is 0.173. The molecule has 1 aliphatic carbocycles. The van der Waals surface area contributed by atoms with Gasteiger partial charge in [0.15, 0.2) is 0 Å². The molecule has 0 radical (unpaired) electrons. The summed E-state index contributed by atoms with van der Waals surface area (Å²) >= 11 is 0. The van der Waals surface area contributed by atoms with Crippen molar-refractivity contribution >= 4 is 0 Å². The fraction of sp³-hybridized carbons (Fsp3) is 0.571. The summed E-state index contributed by atoms with van der Waals surface area (Å²) in [7, 11) is 0. The number of ether oxygens (including phenoxy) is 1. The van der Waals surface area contributed by atoms with Crippen LogP contribution >= 0.6 is 0 Å². The van der Waals surface area contributed by atoms with Crippen LogP contribution in [0.2, 0.25) is 0 Å². The Kier molecular flexibility index (Phi) is 4.29. The van der Waals surface area contributed by atoms with Crippen LogP contribution in [-0.2, 0) is 11.3 Å². The predicted molar refractivity (Wildman–Crippen MR) is 68.6 cm³/mol. The van der Waals surface area contributed by atoms with Gasteiger partial charge in [-0.2, -0.15) is 5.26 Å². The third-order valence-corrected chi connectivity index (χ3v) is 3.49. The predicted octanol–water partition coefficient (Wildman–Crippen LogP) is 2.13. The summed E-state index contributed by atoms with van der Waals surface area (Å²) in [6.07, 6.45) is 7.34. The zero-order chi connectivity index (χ0) is 12.8. The number of pyridine rings is 1. The monoisotopic (exact) mass is 245 g/mol. The smallest absolute Gasteiger partial charge is 0.145 e. The maximum atomic E-state index is 8.92. The lowest BCUT2D eigenvalue weighted by atomic mass is 9.83. The Morgan fingerprint density at radius 3 is 2.89 bits per heavy atom. The Labute approximate surface area is 108 Å². The van der Waals surface area contributed by atoms with E-state index in [1.54, 1.807) is 6.20 Å². The maximum Gasteiger partial charge on any atom is 0.145 e. The van der Waals surface area contributed by atoms with Crippen LogP contribution in [0, 0.1) is 11.3 Å². The SMILES string of the molecule is N#Cc1ncccc1COCC1(N)CCCCC1. The Bertz CT molecular complexity index is 433. The Morgan fingerprint density at radius 2 is 2.17 bits per heavy atom. The zero-order valence-electron chi connectivity index (χ0n) is 10.6. The lowest BCUT2D eigenvalue weighted by Crippen LogP contribution is -2.46. The third kappa shape index (κ3) is 3.28. The topological polar surface area (TPSA) is 71.9 Å². The van der Waals surface area contributed by atoms with E-state index >= 15 is 0 Å². The molecule has 4 nitrogen and oxygen atoms in total. The minimum Gasteiger partial charge on any atom is -0.375 e. The van der Waals surface area contributed by atoms with Gasteiger partial charge in [0.05, 0.1) is 13.2 Å². The molecule has 0 aromatic carbocycles. The molecule has 1 fully saturated rings. The molecule has 0 unspecified atom stereocenters. The van der Waals surface area contributed by atoms with E-state index in [-0.39, 0.29) is 5.54 Å². The van der Waals surface area contributed by atoms with E-state index in [4.69, 9.17) is 15.7 Å². The van der Waals surface area contributed by atoms with Crippen LogP contribution in [-0.4, -0.2) is 17.1 Å². The molecule has 0 bridgehead atoms. The van der Waals surface area contributed by atoms with Gasteiger partial charge in [0, 0.05) is 17.3 Å². The van der Waals surface area contributed by atoms with Gasteiger partial charge in [-0.15, -0.1) is 0 Å². The quantitative estimate of drug-likeness (QED) is 0.882. The van der Waals surface area contributed by atoms with Crippen molar-refractivity contribution in [2.24, 2.45) is 5.73 Å². The second kappa shape index (κ2) is 5.94. The van der Waals surface area contributed by atoms with Crippen LogP contribution in [0.1, 0.15) is 43.4 Å². The van der Waals surface area contributed by atoms with E-state index in [1.807, 2.05) is 12.1 Å². The average Bonchev–Trinajstić information content (AvgIpc) is 2.40. The highest BCUT2D eigenvalue weighted by Gasteiger charge is 2.27. The fourth-order valence-electron chi connectivity index (χ4n) is 2.42. The first-order valence-corrected chi connectivity index (χ1v) is 6.44. The summed E-state index contributed by atoms with van der Waals surface area (Å²) in [4.78, 5) is 4.01. The number of rotatable bonds is 4. The zero-order valence-corrected chi connectivity index (χ0v) is 10.6. The number of nitrogens with two attached hydrogens (primary N) is 1. The number of hydrogen-bond acceptors (Lipinski definition) is 4. The summed E-state index contributed by atoms with van der Waals surface area (Å²) in [6.45, 7) is 0.975. The van der Waals surface area contributed by atoms with Crippen molar-refractivity contribution in [2.75, 3.05) is 6.61 Å². The maximum absolute atomic E-state index is 8.92. The van der Waals surface area contributed by atoms with Crippen LogP contribution in [0.4, 0.5) is 0 Å². The summed E-state index contributed by atoms with van der Waals surface area (Å²) in [6, 6.07) is 5.76. The first-order chi connectivity index (χ1) is 8.73. The molecule has 0 aliphatic heterocycles. The number of nitrogens with zero attached hydrogens (tertiary/aromatic N) is 2. The average molecular weight is 245 g/mol. The van der Waals surface area contributed by atoms with E-state index in [2.05, 4.69) is 11.1 Å². The van der Waals surface area contributed by atoms with Gasteiger partial charge in [-0.05, 0) is 18.9 Å². The van der Waals surface area contributed by atoms with Crippen molar-refractivity contribution in [1.29, 1.82) is 5.26 Å². The van der Waals surface area contributed by atoms with Crippen molar-refractivity contribution < 1.29 is 4.74 Å². The molecule has 1 aliphatic rings. The molecule has 2 rings (SSSR count). The molecule has 4 heteroatoms. The highest BCUT2D eigenvalue weighted by atomic mass is 16.5. The van der Waals surface area contributed by atoms with Gasteiger partial charge in [-0.3, -0.25) is 0 Å². The minimum atomic E-state index is -0.173. The molecule has 1 saturated carbocycles. The molecule has 0 atom stereocenters. The second-order valence-electron chi connectivity index (χ2n) is 5.04. The van der Waals surface area contributed by atoms with Crippen molar-refractivity contribution in [1.82, 2.24) is 4.98 Å². The molecule has 0 amide bonds. The first-order valence-electron chi connectivity index (χ1n) is 6.44. The van der Waals surface area contributed by atoms with Crippen LogP contribution in [0.3, 0.4) is 0 Å². The van der Waals surface area contributed by atoms with Crippen LogP contribution in [0.5, 0.6) is 0 Å². The molecule has 0 spiro atoms. The fourth-order valence-corrected chi connectivity index (χ4v) is 2.42. The van der Waals surface area contributed by atoms with Crippen molar-refractivity contribution in [3.05, 3.63) is 29.6 Å². The van der Waals surface area contributed by atoms with E-state index in [1.165, 1.54) is 19.3 Å². The van der Waals surface area contributed by atoms with Crippen LogP contribution in [0.15, 0.2) is 18.3 Å². The first kappa shape index (κ1) is 13.0. The molecule has 0 saturated heterocycles. The molecule has 96 valence electrons. The van der Waals surface area contributed by atoms with Gasteiger partial charge in [0.1, 0.15) is 11.8 Å². The third-order valence-electron chi connectivity index (χ3n) is 3.49. The van der Waals surface area contributed by atoms with Gasteiger partial charge in [0.2, 0.25) is 0 Å². The lowest BCUT2D eigenvalue weighted by Gasteiger charge is -2.33. The number of nitriles is 1. The molecule has 1 aromatic heterocycles. The summed E-state index contributed by atoms with van der Waals surface area (Å²) in [5.74, 6) is 0. The highest BCUT2D eigenvalue weighted by molar-refractivity contribution is 5.29. The second-order valence-corrected chi connectivity index (χ2v) is 5.04. The Balaban J connectivity index is 1.86. The molecule has 18 heavy (non-hydrogen) atoms. The lowest BCUT2D eigenvalue weighted by molar-refractivity contribution is 0.0572. The van der Waals surface area contributed by atoms with E-state index in [0.29, 0.717) is 18.9 Å². The largest absolute Gasteiger partial charge is 0.375 e. The summed E-state index contributed by atoms with van der Waals surface area (Å²) in [5.41, 5.74) is 7.38. The van der Waals surface area contributed by atoms with Crippen LogP contribution < -0.4 is 5.73 Å². The highest BCUT2D eigenvalue weighted by Crippen LogP contribution is 2.26. The Morgan fingerprint density at radius 1 is 1.39 bits per heavy atom. The van der Waals surface area contributed by atoms with Gasteiger partial charge in [-0.1, -0.05) is 25.3 Å². The van der Waals surface area contributed by atoms with Crippen molar-refractivity contribution in [3.8, 4) is 6.07 Å². The standard InChI is InChI=1S/C14H19N3O/c15-9-13-12(5-4-8-17-13)10-18-11-14(16)6-2-1-3-7-14/h4-5,8H,1-3,6-7,10-11,16H2. The van der Waals surface area contributed by atoms with Gasteiger partial charge >= 0.3 is 0 Å². The summed E-state index contributed by atoms with van der Waals surface area (Å²) in [5, 5.41) is 8.92. The molecular weight excluding hydrogens is 226 g/mol. The molecule has 1 aromatic rings. The number of hydrogen-bond donors (Lipinski definition) is 1. The Hall–Kier alpha value is -1.44. The van der Waals surface area contributed by atoms with E-state index in [9.17, 15) is 0 Å².